The number of carbonyl (C=O) groups is 4. The maximum absolute atomic E-state index is 12.2. The van der Waals surface area contributed by atoms with Crippen LogP contribution >= 0.6 is 11.9 Å². The third kappa shape index (κ3) is 3.27. The molecule has 0 spiro atoms. The summed E-state index contributed by atoms with van der Waals surface area (Å²) in [7, 11) is 0. The van der Waals surface area contributed by atoms with Gasteiger partial charge in [-0.3, -0.25) is 19.3 Å². The van der Waals surface area contributed by atoms with Crippen molar-refractivity contribution >= 4 is 35.8 Å². The van der Waals surface area contributed by atoms with Gasteiger partial charge in [0.2, 0.25) is 11.8 Å². The number of amides is 2. The first-order valence-electron chi connectivity index (χ1n) is 6.75. The van der Waals surface area contributed by atoms with E-state index >= 15 is 0 Å². The number of aldehydes is 1. The zero-order chi connectivity index (χ0) is 14.7. The van der Waals surface area contributed by atoms with E-state index in [4.69, 9.17) is 0 Å². The molecular formula is C13H18N2O4S. The fraction of sp³-hybridized carbons (Fsp3) is 0.692. The highest BCUT2D eigenvalue weighted by atomic mass is 32.2. The van der Waals surface area contributed by atoms with Gasteiger partial charge < -0.3 is 4.79 Å². The molecule has 0 aromatic carbocycles. The van der Waals surface area contributed by atoms with E-state index in [1.165, 1.54) is 23.8 Å². The standard InChI is InChI=1S/C13H18N2O4S/c1-9(17)4-6-14-12(18)7-11(13(14)19)20-15-5-2-3-10(15)8-16/h8,10-11H,2-7H2,1H3/t10-,11?/m0/s1. The SMILES string of the molecule is CC(=O)CCN1C(=O)CC(SN2CCC[C@H]2C=O)C1=O. The Morgan fingerprint density at radius 2 is 2.20 bits per heavy atom. The summed E-state index contributed by atoms with van der Waals surface area (Å²) < 4.78 is 1.90. The Hall–Kier alpha value is -1.21. The third-order valence-corrected chi connectivity index (χ3v) is 4.90. The van der Waals surface area contributed by atoms with E-state index in [2.05, 4.69) is 0 Å². The van der Waals surface area contributed by atoms with Crippen LogP contribution in [0.3, 0.4) is 0 Å². The van der Waals surface area contributed by atoms with Crippen LogP contribution in [0.1, 0.15) is 32.6 Å². The van der Waals surface area contributed by atoms with Crippen molar-refractivity contribution in [3.8, 4) is 0 Å². The number of hydrogen-bond acceptors (Lipinski definition) is 6. The zero-order valence-electron chi connectivity index (χ0n) is 11.4. The van der Waals surface area contributed by atoms with Crippen LogP contribution < -0.4 is 0 Å². The van der Waals surface area contributed by atoms with Crippen LogP contribution in [0.2, 0.25) is 0 Å². The van der Waals surface area contributed by atoms with Gasteiger partial charge in [-0.25, -0.2) is 4.31 Å². The Balaban J connectivity index is 1.93. The van der Waals surface area contributed by atoms with Crippen molar-refractivity contribution in [2.45, 2.75) is 43.9 Å². The van der Waals surface area contributed by atoms with Gasteiger partial charge >= 0.3 is 0 Å². The molecule has 2 aliphatic heterocycles. The van der Waals surface area contributed by atoms with Crippen molar-refractivity contribution in [3.63, 3.8) is 0 Å². The minimum absolute atomic E-state index is 0.0396. The van der Waals surface area contributed by atoms with E-state index in [9.17, 15) is 19.2 Å². The van der Waals surface area contributed by atoms with Gasteiger partial charge in [-0.05, 0) is 19.8 Å². The van der Waals surface area contributed by atoms with Crippen molar-refractivity contribution < 1.29 is 19.2 Å². The summed E-state index contributed by atoms with van der Waals surface area (Å²) in [6, 6.07) is -0.158. The maximum atomic E-state index is 12.2. The molecule has 20 heavy (non-hydrogen) atoms. The fourth-order valence-corrected chi connectivity index (χ4v) is 3.74. The van der Waals surface area contributed by atoms with Crippen molar-refractivity contribution in [2.24, 2.45) is 0 Å². The summed E-state index contributed by atoms with van der Waals surface area (Å²) in [6.07, 6.45) is 2.99. The number of ketones is 1. The number of imide groups is 1. The fourth-order valence-electron chi connectivity index (χ4n) is 2.44. The number of likely N-dealkylation sites (tertiary alicyclic amines) is 1. The zero-order valence-corrected chi connectivity index (χ0v) is 12.2. The average Bonchev–Trinajstić information content (AvgIpc) is 2.94. The molecule has 7 heteroatoms. The number of carbonyl (C=O) groups excluding carboxylic acids is 4. The highest BCUT2D eigenvalue weighted by Gasteiger charge is 2.41. The lowest BCUT2D eigenvalue weighted by Crippen LogP contribution is -2.34. The molecule has 6 nitrogen and oxygen atoms in total. The lowest BCUT2D eigenvalue weighted by atomic mass is 10.2. The van der Waals surface area contributed by atoms with E-state index in [-0.39, 0.29) is 43.0 Å². The highest BCUT2D eigenvalue weighted by Crippen LogP contribution is 2.32. The van der Waals surface area contributed by atoms with Crippen LogP contribution in [0.15, 0.2) is 0 Å². The Morgan fingerprint density at radius 3 is 2.85 bits per heavy atom. The largest absolute Gasteiger partial charge is 0.302 e. The maximum Gasteiger partial charge on any atom is 0.244 e. The van der Waals surface area contributed by atoms with Crippen LogP contribution in [-0.4, -0.2) is 57.5 Å². The summed E-state index contributed by atoms with van der Waals surface area (Å²) in [5.41, 5.74) is 0. The minimum Gasteiger partial charge on any atom is -0.302 e. The molecule has 110 valence electrons. The second-order valence-electron chi connectivity index (χ2n) is 5.12. The molecule has 0 N–H and O–H groups in total. The van der Waals surface area contributed by atoms with Gasteiger partial charge in [-0.15, -0.1) is 0 Å². The minimum atomic E-state index is -0.449. The Labute approximate surface area is 122 Å². The molecule has 0 saturated carbocycles. The molecule has 0 bridgehead atoms. The highest BCUT2D eigenvalue weighted by molar-refractivity contribution is 7.98. The summed E-state index contributed by atoms with van der Waals surface area (Å²) in [5, 5.41) is -0.449. The molecular weight excluding hydrogens is 280 g/mol. The van der Waals surface area contributed by atoms with E-state index in [0.717, 1.165) is 25.7 Å². The van der Waals surface area contributed by atoms with Gasteiger partial charge in [0.05, 0.1) is 6.04 Å². The van der Waals surface area contributed by atoms with Gasteiger partial charge in [-0.1, -0.05) is 11.9 Å². The van der Waals surface area contributed by atoms with Crippen LogP contribution in [0.25, 0.3) is 0 Å². The predicted octanol–water partition coefficient (Wildman–Crippen LogP) is 0.405. The molecule has 2 amide bonds. The molecule has 0 radical (unpaired) electrons. The molecule has 2 fully saturated rings. The Bertz CT molecular complexity index is 440. The molecule has 2 saturated heterocycles. The van der Waals surface area contributed by atoms with Gasteiger partial charge in [0.1, 0.15) is 17.3 Å². The molecule has 0 aliphatic carbocycles. The summed E-state index contributed by atoms with van der Waals surface area (Å²) in [6.45, 7) is 2.37. The topological polar surface area (TPSA) is 74.8 Å². The van der Waals surface area contributed by atoms with Gasteiger partial charge in [0, 0.05) is 25.9 Å². The molecule has 2 atom stereocenters. The van der Waals surface area contributed by atoms with E-state index in [1.807, 2.05) is 4.31 Å². The quantitative estimate of drug-likeness (QED) is 0.401. The lowest BCUT2D eigenvalue weighted by molar-refractivity contribution is -0.138. The predicted molar refractivity (Wildman–Crippen MR) is 73.8 cm³/mol. The third-order valence-electron chi connectivity index (χ3n) is 3.56. The molecule has 2 rings (SSSR count). The Morgan fingerprint density at radius 1 is 1.45 bits per heavy atom. The molecule has 2 heterocycles. The number of hydrogen-bond donors (Lipinski definition) is 0. The van der Waals surface area contributed by atoms with Gasteiger partial charge in [0.15, 0.2) is 0 Å². The molecule has 1 unspecified atom stereocenters. The van der Waals surface area contributed by atoms with E-state index in [1.54, 1.807) is 0 Å². The molecule has 0 aromatic heterocycles. The lowest BCUT2D eigenvalue weighted by Gasteiger charge is -2.21. The van der Waals surface area contributed by atoms with Crippen LogP contribution in [0.4, 0.5) is 0 Å². The van der Waals surface area contributed by atoms with E-state index in [0.29, 0.717) is 0 Å². The van der Waals surface area contributed by atoms with Crippen LogP contribution in [0.5, 0.6) is 0 Å². The van der Waals surface area contributed by atoms with Crippen molar-refractivity contribution in [1.82, 2.24) is 9.21 Å². The number of Topliss-reactive ketones (excluding diaryl/α,β-unsaturated/α-hetero) is 1. The number of rotatable bonds is 6. The first-order valence-corrected chi connectivity index (χ1v) is 7.59. The van der Waals surface area contributed by atoms with Gasteiger partial charge in [-0.2, -0.15) is 0 Å². The van der Waals surface area contributed by atoms with Crippen LogP contribution in [-0.2, 0) is 19.2 Å². The van der Waals surface area contributed by atoms with Crippen LogP contribution in [0, 0.1) is 0 Å². The molecule has 2 aliphatic rings. The number of nitrogens with zero attached hydrogens (tertiary/aromatic N) is 2. The normalized spacial score (nSPS) is 27.4. The average molecular weight is 298 g/mol. The Kier molecular flexibility index (Phi) is 4.93. The summed E-state index contributed by atoms with van der Waals surface area (Å²) >= 11 is 1.30. The van der Waals surface area contributed by atoms with Gasteiger partial charge in [0.25, 0.3) is 0 Å². The molecule has 0 aromatic rings. The monoisotopic (exact) mass is 298 g/mol. The smallest absolute Gasteiger partial charge is 0.244 e. The first-order chi connectivity index (χ1) is 9.52. The summed E-state index contributed by atoms with van der Waals surface area (Å²) in [4.78, 5) is 47.0. The second-order valence-corrected chi connectivity index (χ2v) is 6.37. The first kappa shape index (κ1) is 15.2. The van der Waals surface area contributed by atoms with E-state index < -0.39 is 5.25 Å². The van der Waals surface area contributed by atoms with Crippen molar-refractivity contribution in [1.29, 1.82) is 0 Å². The summed E-state index contributed by atoms with van der Waals surface area (Å²) in [5.74, 6) is -0.504. The van der Waals surface area contributed by atoms with Crippen molar-refractivity contribution in [3.05, 3.63) is 0 Å². The van der Waals surface area contributed by atoms with Crippen molar-refractivity contribution in [2.75, 3.05) is 13.1 Å². The second kappa shape index (κ2) is 6.49.